The third-order valence-corrected chi connectivity index (χ3v) is 3.00. The van der Waals surface area contributed by atoms with Crippen molar-refractivity contribution in [2.45, 2.75) is 39.2 Å². The summed E-state index contributed by atoms with van der Waals surface area (Å²) in [6.45, 7) is 3.97. The number of carbonyl (C=O) groups is 3. The first-order chi connectivity index (χ1) is 11.8. The number of ether oxygens (including phenoxy) is 2. The van der Waals surface area contributed by atoms with Gasteiger partial charge in [0.25, 0.3) is 0 Å². The number of nitrogens with one attached hydrogen (secondary N) is 1. The Morgan fingerprint density at radius 1 is 1.08 bits per heavy atom. The lowest BCUT2D eigenvalue weighted by atomic mass is 10.0. The van der Waals surface area contributed by atoms with Gasteiger partial charge in [0.2, 0.25) is 0 Å². The molecule has 3 N–H and O–H groups in total. The Morgan fingerprint density at radius 3 is 2.04 bits per heavy atom. The molecule has 0 bridgehead atoms. The van der Waals surface area contributed by atoms with Gasteiger partial charge in [-0.05, 0) is 31.0 Å². The minimum atomic E-state index is -0.848. The van der Waals surface area contributed by atoms with Gasteiger partial charge in [0.05, 0.1) is 13.2 Å². The first-order valence-electron chi connectivity index (χ1n) is 7.84. The zero-order valence-electron chi connectivity index (χ0n) is 14.7. The highest BCUT2D eigenvalue weighted by Gasteiger charge is 2.13. The van der Waals surface area contributed by atoms with E-state index in [4.69, 9.17) is 14.9 Å². The summed E-state index contributed by atoms with van der Waals surface area (Å²) < 4.78 is 10.0. The first-order valence-corrected chi connectivity index (χ1v) is 7.84. The van der Waals surface area contributed by atoms with Crippen LogP contribution in [0.5, 0.6) is 0 Å². The molecule has 25 heavy (non-hydrogen) atoms. The lowest BCUT2D eigenvalue weighted by molar-refractivity contribution is -0.138. The molecule has 0 heterocycles. The van der Waals surface area contributed by atoms with Crippen LogP contribution >= 0.6 is 0 Å². The fraction of sp³-hybridized carbons (Fsp3) is 0.471. The van der Waals surface area contributed by atoms with Crippen LogP contribution in [0.25, 0.3) is 0 Å². The standard InChI is InChI=1S/C14H19NO5.C3H6O2/c1-3-20-12(8-9-13(16)17)10-4-6-11(7-5-10)15-14(18)19-2;1-2-3(4)5/h4-7,12H,3,8-9H2,1-2H3,(H,15,18)(H,16,17);2H2,1H3,(H,4,5). The van der Waals surface area contributed by atoms with Crippen LogP contribution in [-0.4, -0.2) is 42.0 Å². The third-order valence-electron chi connectivity index (χ3n) is 3.00. The van der Waals surface area contributed by atoms with E-state index in [1.165, 1.54) is 7.11 Å². The van der Waals surface area contributed by atoms with Crippen LogP contribution in [-0.2, 0) is 19.1 Å². The van der Waals surface area contributed by atoms with E-state index in [0.717, 1.165) is 5.56 Å². The molecular weight excluding hydrogens is 330 g/mol. The van der Waals surface area contributed by atoms with Crippen LogP contribution < -0.4 is 5.32 Å². The van der Waals surface area contributed by atoms with E-state index < -0.39 is 18.0 Å². The van der Waals surface area contributed by atoms with E-state index in [2.05, 4.69) is 10.1 Å². The van der Waals surface area contributed by atoms with Crippen molar-refractivity contribution in [2.24, 2.45) is 0 Å². The summed E-state index contributed by atoms with van der Waals surface area (Å²) in [5.41, 5.74) is 1.48. The number of rotatable bonds is 8. The van der Waals surface area contributed by atoms with Crippen molar-refractivity contribution in [2.75, 3.05) is 19.0 Å². The maximum Gasteiger partial charge on any atom is 0.411 e. The van der Waals surface area contributed by atoms with Crippen molar-refractivity contribution in [1.82, 2.24) is 0 Å². The van der Waals surface area contributed by atoms with Gasteiger partial charge in [-0.1, -0.05) is 19.1 Å². The molecule has 0 aliphatic rings. The SMILES string of the molecule is CCC(=O)O.CCOC(CCC(=O)O)c1ccc(NC(=O)OC)cc1. The molecule has 1 amide bonds. The second-order valence-corrected chi connectivity index (χ2v) is 4.86. The zero-order valence-corrected chi connectivity index (χ0v) is 14.7. The van der Waals surface area contributed by atoms with E-state index in [1.807, 2.05) is 6.92 Å². The topological polar surface area (TPSA) is 122 Å². The Bertz CT molecular complexity index is 542. The van der Waals surface area contributed by atoms with Crippen molar-refractivity contribution in [3.63, 3.8) is 0 Å². The molecular formula is C17H25NO7. The number of amides is 1. The normalized spacial score (nSPS) is 10.8. The number of benzene rings is 1. The predicted octanol–water partition coefficient (Wildman–Crippen LogP) is 3.29. The maximum atomic E-state index is 11.1. The summed E-state index contributed by atoms with van der Waals surface area (Å²) in [7, 11) is 1.29. The molecule has 0 aliphatic carbocycles. The van der Waals surface area contributed by atoms with Gasteiger partial charge in [-0.2, -0.15) is 0 Å². The molecule has 0 aromatic heterocycles. The van der Waals surface area contributed by atoms with Gasteiger partial charge >= 0.3 is 18.0 Å². The van der Waals surface area contributed by atoms with Crippen LogP contribution in [0.3, 0.4) is 0 Å². The van der Waals surface area contributed by atoms with Crippen molar-refractivity contribution in [3.8, 4) is 0 Å². The number of aliphatic carboxylic acids is 2. The van der Waals surface area contributed by atoms with Crippen LogP contribution in [0.2, 0.25) is 0 Å². The minimum Gasteiger partial charge on any atom is -0.481 e. The van der Waals surface area contributed by atoms with Gasteiger partial charge in [0, 0.05) is 25.1 Å². The summed E-state index contributed by atoms with van der Waals surface area (Å²) in [6.07, 6.45) is -0.118. The fourth-order valence-electron chi connectivity index (χ4n) is 1.75. The van der Waals surface area contributed by atoms with Crippen LogP contribution in [0.15, 0.2) is 24.3 Å². The lowest BCUT2D eigenvalue weighted by Crippen LogP contribution is -2.11. The number of anilines is 1. The maximum absolute atomic E-state index is 11.1. The predicted molar refractivity (Wildman–Crippen MR) is 91.6 cm³/mol. The molecule has 0 saturated carbocycles. The van der Waals surface area contributed by atoms with Crippen LogP contribution in [0, 0.1) is 0 Å². The van der Waals surface area contributed by atoms with Gasteiger partial charge < -0.3 is 19.7 Å². The number of carbonyl (C=O) groups excluding carboxylic acids is 1. The molecule has 1 atom stereocenters. The minimum absolute atomic E-state index is 0.0484. The summed E-state index contributed by atoms with van der Waals surface area (Å²) in [6, 6.07) is 7.04. The van der Waals surface area contributed by atoms with Crippen molar-refractivity contribution >= 4 is 23.7 Å². The lowest BCUT2D eigenvalue weighted by Gasteiger charge is -2.17. The van der Waals surface area contributed by atoms with Crippen molar-refractivity contribution in [1.29, 1.82) is 0 Å². The average Bonchev–Trinajstić information content (AvgIpc) is 2.59. The second kappa shape index (κ2) is 12.8. The Morgan fingerprint density at radius 2 is 1.64 bits per heavy atom. The summed E-state index contributed by atoms with van der Waals surface area (Å²) in [5.74, 6) is -1.59. The highest BCUT2D eigenvalue weighted by atomic mass is 16.5. The van der Waals surface area contributed by atoms with E-state index in [0.29, 0.717) is 18.7 Å². The molecule has 0 aliphatic heterocycles. The van der Waals surface area contributed by atoms with Crippen LogP contribution in [0.1, 0.15) is 44.8 Å². The highest BCUT2D eigenvalue weighted by molar-refractivity contribution is 5.84. The van der Waals surface area contributed by atoms with E-state index in [-0.39, 0.29) is 18.9 Å². The number of hydrogen-bond donors (Lipinski definition) is 3. The molecule has 140 valence electrons. The Balaban J connectivity index is 0.00000101. The molecule has 1 aromatic rings. The average molecular weight is 355 g/mol. The number of carboxylic acids is 2. The Labute approximate surface area is 146 Å². The summed E-state index contributed by atoms with van der Waals surface area (Å²) in [5, 5.41) is 19.0. The monoisotopic (exact) mass is 355 g/mol. The summed E-state index contributed by atoms with van der Waals surface area (Å²) >= 11 is 0. The van der Waals surface area contributed by atoms with E-state index >= 15 is 0 Å². The molecule has 8 heteroatoms. The molecule has 8 nitrogen and oxygen atoms in total. The Kier molecular flexibility index (Phi) is 11.4. The molecule has 1 rings (SSSR count). The van der Waals surface area contributed by atoms with Gasteiger partial charge in [0.15, 0.2) is 0 Å². The molecule has 0 fully saturated rings. The van der Waals surface area contributed by atoms with Crippen LogP contribution in [0.4, 0.5) is 10.5 Å². The third kappa shape index (κ3) is 10.7. The quantitative estimate of drug-likeness (QED) is 0.654. The molecule has 0 spiro atoms. The van der Waals surface area contributed by atoms with Gasteiger partial charge in [-0.15, -0.1) is 0 Å². The van der Waals surface area contributed by atoms with Gasteiger partial charge in [-0.25, -0.2) is 4.79 Å². The second-order valence-electron chi connectivity index (χ2n) is 4.86. The number of methoxy groups -OCH3 is 1. The van der Waals surface area contributed by atoms with Gasteiger partial charge in [0.1, 0.15) is 0 Å². The molecule has 1 aromatic carbocycles. The molecule has 0 saturated heterocycles. The first kappa shape index (κ1) is 22.4. The number of carboxylic acid groups (broad SMARTS) is 2. The van der Waals surface area contributed by atoms with E-state index in [9.17, 15) is 14.4 Å². The highest BCUT2D eigenvalue weighted by Crippen LogP contribution is 2.24. The van der Waals surface area contributed by atoms with Crippen molar-refractivity contribution in [3.05, 3.63) is 29.8 Å². The van der Waals surface area contributed by atoms with Crippen molar-refractivity contribution < 1.29 is 34.1 Å². The molecule has 0 radical (unpaired) electrons. The number of hydrogen-bond acceptors (Lipinski definition) is 5. The van der Waals surface area contributed by atoms with Gasteiger partial charge in [-0.3, -0.25) is 14.9 Å². The summed E-state index contributed by atoms with van der Waals surface area (Å²) in [4.78, 5) is 31.1. The smallest absolute Gasteiger partial charge is 0.411 e. The largest absolute Gasteiger partial charge is 0.481 e. The fourth-order valence-corrected chi connectivity index (χ4v) is 1.75. The van der Waals surface area contributed by atoms with E-state index in [1.54, 1.807) is 31.2 Å². The Hall–Kier alpha value is -2.61. The zero-order chi connectivity index (χ0) is 19.2. The molecule has 1 unspecified atom stereocenters.